The fraction of sp³-hybridized carbons (Fsp3) is 0.462. The van der Waals surface area contributed by atoms with Crippen molar-refractivity contribution in [1.29, 1.82) is 5.26 Å². The number of nitriles is 1. The SMILES string of the molecule is CN(C)C(=O)CC1c2ccccc2CCN1C1CCN(Cc2cccc(C#N)c2)CC1. The van der Waals surface area contributed by atoms with Gasteiger partial charge in [-0.05, 0) is 61.2 Å². The maximum Gasteiger partial charge on any atom is 0.223 e. The van der Waals surface area contributed by atoms with Crippen LogP contribution in [0.15, 0.2) is 48.5 Å². The van der Waals surface area contributed by atoms with Gasteiger partial charge in [0, 0.05) is 45.7 Å². The summed E-state index contributed by atoms with van der Waals surface area (Å²) in [5.41, 5.74) is 4.66. The molecule has 0 aliphatic carbocycles. The first kappa shape index (κ1) is 21.5. The minimum atomic E-state index is 0.170. The summed E-state index contributed by atoms with van der Waals surface area (Å²) in [5.74, 6) is 0.196. The van der Waals surface area contributed by atoms with Gasteiger partial charge in [-0.3, -0.25) is 14.6 Å². The van der Waals surface area contributed by atoms with Gasteiger partial charge in [-0.25, -0.2) is 0 Å². The van der Waals surface area contributed by atoms with Gasteiger partial charge in [0.25, 0.3) is 0 Å². The maximum absolute atomic E-state index is 12.6. The van der Waals surface area contributed by atoms with Crippen LogP contribution in [-0.4, -0.2) is 60.4 Å². The number of hydrogen-bond donors (Lipinski definition) is 0. The number of nitrogens with zero attached hydrogens (tertiary/aromatic N) is 4. The summed E-state index contributed by atoms with van der Waals surface area (Å²) >= 11 is 0. The Morgan fingerprint density at radius 1 is 1.10 bits per heavy atom. The van der Waals surface area contributed by atoms with Gasteiger partial charge >= 0.3 is 0 Å². The Bertz CT molecular complexity index is 956. The first-order chi connectivity index (χ1) is 15.0. The highest BCUT2D eigenvalue weighted by atomic mass is 16.2. The molecule has 5 heteroatoms. The highest BCUT2D eigenvalue weighted by Crippen LogP contribution is 2.36. The molecule has 1 fully saturated rings. The topological polar surface area (TPSA) is 50.6 Å². The largest absolute Gasteiger partial charge is 0.349 e. The number of carbonyl (C=O) groups is 1. The van der Waals surface area contributed by atoms with Crippen LogP contribution in [-0.2, 0) is 17.8 Å². The smallest absolute Gasteiger partial charge is 0.223 e. The van der Waals surface area contributed by atoms with Crippen molar-refractivity contribution in [2.75, 3.05) is 33.7 Å². The lowest BCUT2D eigenvalue weighted by Gasteiger charge is -2.45. The Labute approximate surface area is 185 Å². The number of hydrogen-bond acceptors (Lipinski definition) is 4. The van der Waals surface area contributed by atoms with E-state index in [1.807, 2.05) is 32.3 Å². The van der Waals surface area contributed by atoms with Gasteiger partial charge in [0.15, 0.2) is 0 Å². The van der Waals surface area contributed by atoms with E-state index in [9.17, 15) is 4.79 Å². The van der Waals surface area contributed by atoms with E-state index in [1.54, 1.807) is 4.90 Å². The third-order valence-electron chi connectivity index (χ3n) is 6.81. The van der Waals surface area contributed by atoms with Gasteiger partial charge in [-0.15, -0.1) is 0 Å². The Morgan fingerprint density at radius 3 is 2.61 bits per heavy atom. The number of carbonyl (C=O) groups excluding carboxylic acids is 1. The number of rotatable bonds is 5. The van der Waals surface area contributed by atoms with E-state index in [2.05, 4.69) is 46.2 Å². The molecular weight excluding hydrogens is 384 g/mol. The fourth-order valence-corrected chi connectivity index (χ4v) is 5.09. The van der Waals surface area contributed by atoms with E-state index in [-0.39, 0.29) is 11.9 Å². The summed E-state index contributed by atoms with van der Waals surface area (Å²) in [6.07, 6.45) is 3.84. The first-order valence-electron chi connectivity index (χ1n) is 11.3. The molecule has 2 aliphatic heterocycles. The predicted octanol–water partition coefficient (Wildman–Crippen LogP) is 3.60. The lowest BCUT2D eigenvalue weighted by atomic mass is 9.87. The van der Waals surface area contributed by atoms with Crippen LogP contribution in [0.4, 0.5) is 0 Å². The van der Waals surface area contributed by atoms with Crippen molar-refractivity contribution in [2.45, 2.75) is 44.3 Å². The van der Waals surface area contributed by atoms with Crippen LogP contribution < -0.4 is 0 Å². The second kappa shape index (κ2) is 9.64. The zero-order chi connectivity index (χ0) is 21.8. The van der Waals surface area contributed by atoms with E-state index < -0.39 is 0 Å². The molecule has 0 radical (unpaired) electrons. The Balaban J connectivity index is 1.43. The second-order valence-corrected chi connectivity index (χ2v) is 9.01. The van der Waals surface area contributed by atoms with Crippen molar-refractivity contribution >= 4 is 5.91 Å². The normalized spacial score (nSPS) is 20.1. The quantitative estimate of drug-likeness (QED) is 0.747. The number of fused-ring (bicyclic) bond motifs is 1. The third-order valence-corrected chi connectivity index (χ3v) is 6.81. The van der Waals surface area contributed by atoms with Gasteiger partial charge in [0.1, 0.15) is 0 Å². The molecule has 1 saturated heterocycles. The van der Waals surface area contributed by atoms with E-state index in [0.29, 0.717) is 12.5 Å². The van der Waals surface area contributed by atoms with Crippen LogP contribution in [0, 0.1) is 11.3 Å². The molecule has 2 heterocycles. The van der Waals surface area contributed by atoms with Crippen molar-refractivity contribution in [2.24, 2.45) is 0 Å². The summed E-state index contributed by atoms with van der Waals surface area (Å²) in [5, 5.41) is 9.14. The Morgan fingerprint density at radius 2 is 1.87 bits per heavy atom. The van der Waals surface area contributed by atoms with Gasteiger partial charge in [0.2, 0.25) is 5.91 Å². The van der Waals surface area contributed by atoms with E-state index in [1.165, 1.54) is 16.7 Å². The molecular formula is C26H32N4O. The zero-order valence-corrected chi connectivity index (χ0v) is 18.6. The first-order valence-corrected chi connectivity index (χ1v) is 11.3. The maximum atomic E-state index is 12.6. The molecule has 2 aliphatic rings. The minimum Gasteiger partial charge on any atom is -0.349 e. The molecule has 0 bridgehead atoms. The molecule has 31 heavy (non-hydrogen) atoms. The van der Waals surface area contributed by atoms with Gasteiger partial charge in [-0.1, -0.05) is 36.4 Å². The highest BCUT2D eigenvalue weighted by Gasteiger charge is 2.35. The molecule has 0 saturated carbocycles. The average molecular weight is 417 g/mol. The fourth-order valence-electron chi connectivity index (χ4n) is 5.09. The molecule has 0 N–H and O–H groups in total. The van der Waals surface area contributed by atoms with Crippen molar-refractivity contribution in [3.8, 4) is 6.07 Å². The standard InChI is InChI=1S/C26H32N4O/c1-28(2)26(31)17-25-24-9-4-3-8-22(24)10-15-30(25)23-11-13-29(14-12-23)19-21-7-5-6-20(16-21)18-27/h3-9,16,23,25H,10-15,17,19H2,1-2H3. The summed E-state index contributed by atoms with van der Waals surface area (Å²) < 4.78 is 0. The molecule has 4 rings (SSSR count). The van der Waals surface area contributed by atoms with E-state index in [0.717, 1.165) is 51.0 Å². The second-order valence-electron chi connectivity index (χ2n) is 9.01. The Hall–Kier alpha value is -2.68. The van der Waals surface area contributed by atoms with Crippen LogP contribution in [0.5, 0.6) is 0 Å². The van der Waals surface area contributed by atoms with Crippen LogP contribution in [0.2, 0.25) is 0 Å². The Kier molecular flexibility index (Phi) is 6.70. The minimum absolute atomic E-state index is 0.170. The number of amides is 1. The van der Waals surface area contributed by atoms with Crippen LogP contribution in [0.1, 0.15) is 47.6 Å². The molecule has 1 unspecified atom stereocenters. The number of likely N-dealkylation sites (tertiary alicyclic amines) is 1. The van der Waals surface area contributed by atoms with Crippen LogP contribution >= 0.6 is 0 Å². The molecule has 1 atom stereocenters. The lowest BCUT2D eigenvalue weighted by Crippen LogP contribution is -2.49. The monoisotopic (exact) mass is 416 g/mol. The lowest BCUT2D eigenvalue weighted by molar-refractivity contribution is -0.130. The van der Waals surface area contributed by atoms with Crippen molar-refractivity contribution in [1.82, 2.24) is 14.7 Å². The van der Waals surface area contributed by atoms with E-state index in [4.69, 9.17) is 5.26 Å². The van der Waals surface area contributed by atoms with Gasteiger partial charge < -0.3 is 4.90 Å². The summed E-state index contributed by atoms with van der Waals surface area (Å²) in [6, 6.07) is 19.5. The van der Waals surface area contributed by atoms with Gasteiger partial charge in [0.05, 0.1) is 11.6 Å². The molecule has 2 aromatic rings. The van der Waals surface area contributed by atoms with Crippen LogP contribution in [0.3, 0.4) is 0 Å². The number of piperidine rings is 1. The van der Waals surface area contributed by atoms with Crippen molar-refractivity contribution in [3.05, 3.63) is 70.8 Å². The molecule has 2 aromatic carbocycles. The summed E-state index contributed by atoms with van der Waals surface area (Å²) in [7, 11) is 3.70. The molecule has 1 amide bonds. The zero-order valence-electron chi connectivity index (χ0n) is 18.6. The molecule has 0 spiro atoms. The number of benzene rings is 2. The van der Waals surface area contributed by atoms with Crippen molar-refractivity contribution in [3.63, 3.8) is 0 Å². The third kappa shape index (κ3) is 4.98. The highest BCUT2D eigenvalue weighted by molar-refractivity contribution is 5.76. The average Bonchev–Trinajstić information content (AvgIpc) is 2.80. The molecule has 0 aromatic heterocycles. The predicted molar refractivity (Wildman–Crippen MR) is 122 cm³/mol. The van der Waals surface area contributed by atoms with Gasteiger partial charge in [-0.2, -0.15) is 5.26 Å². The summed E-state index contributed by atoms with van der Waals surface area (Å²) in [6.45, 7) is 4.02. The summed E-state index contributed by atoms with van der Waals surface area (Å²) in [4.78, 5) is 19.4. The molecule has 5 nitrogen and oxygen atoms in total. The van der Waals surface area contributed by atoms with E-state index >= 15 is 0 Å². The van der Waals surface area contributed by atoms with Crippen LogP contribution in [0.25, 0.3) is 0 Å². The molecule has 162 valence electrons. The van der Waals surface area contributed by atoms with Crippen molar-refractivity contribution < 1.29 is 4.79 Å².